The van der Waals surface area contributed by atoms with Crippen molar-refractivity contribution in [2.24, 2.45) is 0 Å². The van der Waals surface area contributed by atoms with Gasteiger partial charge in [0.15, 0.2) is 0 Å². The minimum absolute atomic E-state index is 0.00883. The van der Waals surface area contributed by atoms with Gasteiger partial charge in [-0.15, -0.1) is 0 Å². The highest BCUT2D eigenvalue weighted by Gasteiger charge is 2.27. The van der Waals surface area contributed by atoms with Gasteiger partial charge >= 0.3 is 11.9 Å². The Bertz CT molecular complexity index is 631. The molecule has 2 amide bonds. The molecular weight excluding hydrogens is 323 g/mol. The second kappa shape index (κ2) is 8.61. The van der Waals surface area contributed by atoms with Crippen molar-refractivity contribution in [1.82, 2.24) is 10.6 Å². The van der Waals surface area contributed by atoms with E-state index in [-0.39, 0.29) is 6.42 Å². The van der Waals surface area contributed by atoms with E-state index in [1.165, 1.54) is 31.2 Å². The van der Waals surface area contributed by atoms with Crippen molar-refractivity contribution >= 4 is 23.8 Å². The topological polar surface area (TPSA) is 133 Å². The van der Waals surface area contributed by atoms with Crippen LogP contribution in [0.25, 0.3) is 0 Å². The molecule has 0 radical (unpaired) electrons. The number of benzene rings is 1. The molecule has 0 saturated heterocycles. The molecule has 0 bridgehead atoms. The Hall–Kier alpha value is -2.97. The van der Waals surface area contributed by atoms with E-state index in [1.807, 2.05) is 0 Å². The average Bonchev–Trinajstić information content (AvgIpc) is 2.47. The molecule has 24 heavy (non-hydrogen) atoms. The number of halogens is 1. The van der Waals surface area contributed by atoms with Crippen LogP contribution < -0.4 is 10.6 Å². The van der Waals surface area contributed by atoms with Gasteiger partial charge < -0.3 is 20.8 Å². The first-order chi connectivity index (χ1) is 11.2. The Morgan fingerprint density at radius 2 is 1.62 bits per heavy atom. The van der Waals surface area contributed by atoms with Gasteiger partial charge in [0.2, 0.25) is 11.8 Å². The van der Waals surface area contributed by atoms with Crippen molar-refractivity contribution in [3.8, 4) is 0 Å². The van der Waals surface area contributed by atoms with Crippen LogP contribution in [-0.2, 0) is 25.6 Å². The van der Waals surface area contributed by atoms with E-state index in [0.717, 1.165) is 0 Å². The van der Waals surface area contributed by atoms with Crippen LogP contribution in [0.2, 0.25) is 0 Å². The number of rotatable bonds is 8. The molecule has 0 saturated carbocycles. The summed E-state index contributed by atoms with van der Waals surface area (Å²) < 4.78 is 12.9. The van der Waals surface area contributed by atoms with Crippen LogP contribution in [0.15, 0.2) is 24.3 Å². The smallest absolute Gasteiger partial charge is 0.326 e. The second-order valence-corrected chi connectivity index (χ2v) is 5.08. The maximum atomic E-state index is 12.9. The first-order valence-electron chi connectivity index (χ1n) is 6.95. The van der Waals surface area contributed by atoms with Crippen LogP contribution in [0.5, 0.6) is 0 Å². The van der Waals surface area contributed by atoms with E-state index in [0.29, 0.717) is 5.56 Å². The SMILES string of the molecule is CC(=O)N[C@H](Cc1ccc(F)cc1)C(=O)N[C@H](CC(=O)O)C(=O)O. The fraction of sp³-hybridized carbons (Fsp3) is 0.333. The third kappa shape index (κ3) is 6.42. The predicted molar refractivity (Wildman–Crippen MR) is 79.5 cm³/mol. The van der Waals surface area contributed by atoms with Crippen molar-refractivity contribution in [3.05, 3.63) is 35.6 Å². The quantitative estimate of drug-likeness (QED) is 0.523. The second-order valence-electron chi connectivity index (χ2n) is 5.08. The molecule has 1 aromatic rings. The molecule has 0 unspecified atom stereocenters. The normalized spacial score (nSPS) is 12.8. The summed E-state index contributed by atoms with van der Waals surface area (Å²) in [6.07, 6.45) is -0.810. The lowest BCUT2D eigenvalue weighted by molar-refractivity contribution is -0.147. The molecule has 8 nitrogen and oxygen atoms in total. The highest BCUT2D eigenvalue weighted by Crippen LogP contribution is 2.07. The maximum Gasteiger partial charge on any atom is 0.326 e. The molecule has 0 heterocycles. The van der Waals surface area contributed by atoms with Crippen LogP contribution in [0, 0.1) is 5.82 Å². The third-order valence-electron chi connectivity index (χ3n) is 3.04. The molecule has 0 aliphatic heterocycles. The van der Waals surface area contributed by atoms with Gasteiger partial charge in [0.25, 0.3) is 0 Å². The molecule has 0 spiro atoms. The Kier molecular flexibility index (Phi) is 6.84. The van der Waals surface area contributed by atoms with E-state index < -0.39 is 48.1 Å². The molecule has 1 aromatic carbocycles. The molecular formula is C15H17FN2O6. The Balaban J connectivity index is 2.87. The van der Waals surface area contributed by atoms with Crippen LogP contribution in [0.3, 0.4) is 0 Å². The van der Waals surface area contributed by atoms with Crippen molar-refractivity contribution < 1.29 is 33.8 Å². The average molecular weight is 340 g/mol. The molecule has 0 fully saturated rings. The highest BCUT2D eigenvalue weighted by molar-refractivity contribution is 5.91. The standard InChI is InChI=1S/C15H17FN2O6/c1-8(19)17-11(6-9-2-4-10(16)5-3-9)14(22)18-12(15(23)24)7-13(20)21/h2-5,11-12H,6-7H2,1H3,(H,17,19)(H,18,22)(H,20,21)(H,23,24)/t11-,12-/m1/s1. The Morgan fingerprint density at radius 1 is 1.04 bits per heavy atom. The number of amides is 2. The van der Waals surface area contributed by atoms with Crippen LogP contribution in [0.1, 0.15) is 18.9 Å². The first kappa shape index (κ1) is 19.1. The van der Waals surface area contributed by atoms with Gasteiger partial charge in [0.05, 0.1) is 6.42 Å². The Morgan fingerprint density at radius 3 is 2.08 bits per heavy atom. The zero-order valence-electron chi connectivity index (χ0n) is 12.8. The van der Waals surface area contributed by atoms with Gasteiger partial charge in [-0.3, -0.25) is 14.4 Å². The van der Waals surface area contributed by atoms with Crippen LogP contribution >= 0.6 is 0 Å². The van der Waals surface area contributed by atoms with Gasteiger partial charge in [-0.2, -0.15) is 0 Å². The van der Waals surface area contributed by atoms with Gasteiger partial charge in [-0.25, -0.2) is 9.18 Å². The largest absolute Gasteiger partial charge is 0.481 e. The number of carbonyl (C=O) groups is 4. The van der Waals surface area contributed by atoms with E-state index in [9.17, 15) is 23.6 Å². The zero-order chi connectivity index (χ0) is 18.3. The zero-order valence-corrected chi connectivity index (χ0v) is 12.8. The summed E-state index contributed by atoms with van der Waals surface area (Å²) in [5.41, 5.74) is 0.537. The van der Waals surface area contributed by atoms with E-state index in [4.69, 9.17) is 10.2 Å². The summed E-state index contributed by atoms with van der Waals surface area (Å²) in [4.78, 5) is 45.1. The first-order valence-corrected chi connectivity index (χ1v) is 6.95. The number of carboxylic acid groups (broad SMARTS) is 2. The molecule has 130 valence electrons. The number of nitrogens with one attached hydrogen (secondary N) is 2. The van der Waals surface area contributed by atoms with Crippen molar-refractivity contribution in [1.29, 1.82) is 0 Å². The van der Waals surface area contributed by atoms with Crippen molar-refractivity contribution in [2.75, 3.05) is 0 Å². The van der Waals surface area contributed by atoms with Gasteiger partial charge in [-0.05, 0) is 17.7 Å². The number of hydrogen-bond acceptors (Lipinski definition) is 4. The third-order valence-corrected chi connectivity index (χ3v) is 3.04. The molecule has 0 aliphatic carbocycles. The predicted octanol–water partition coefficient (Wildman–Crippen LogP) is -0.0830. The monoisotopic (exact) mass is 340 g/mol. The van der Waals surface area contributed by atoms with Gasteiger partial charge in [-0.1, -0.05) is 12.1 Å². The van der Waals surface area contributed by atoms with Gasteiger partial charge in [0.1, 0.15) is 17.9 Å². The molecule has 0 aliphatic rings. The molecule has 0 aromatic heterocycles. The van der Waals surface area contributed by atoms with E-state index in [2.05, 4.69) is 10.6 Å². The summed E-state index contributed by atoms with van der Waals surface area (Å²) >= 11 is 0. The summed E-state index contributed by atoms with van der Waals surface area (Å²) in [6.45, 7) is 1.18. The van der Waals surface area contributed by atoms with E-state index >= 15 is 0 Å². The number of aliphatic carboxylic acids is 2. The summed E-state index contributed by atoms with van der Waals surface area (Å²) in [5.74, 6) is -4.73. The number of hydrogen-bond donors (Lipinski definition) is 4. The lowest BCUT2D eigenvalue weighted by atomic mass is 10.0. The minimum Gasteiger partial charge on any atom is -0.481 e. The fourth-order valence-electron chi connectivity index (χ4n) is 1.96. The summed E-state index contributed by atoms with van der Waals surface area (Å²) in [6, 6.07) is 2.46. The molecule has 9 heteroatoms. The van der Waals surface area contributed by atoms with Crippen molar-refractivity contribution in [2.45, 2.75) is 31.8 Å². The highest BCUT2D eigenvalue weighted by atomic mass is 19.1. The van der Waals surface area contributed by atoms with Crippen LogP contribution in [0.4, 0.5) is 4.39 Å². The van der Waals surface area contributed by atoms with Crippen molar-refractivity contribution in [3.63, 3.8) is 0 Å². The maximum absolute atomic E-state index is 12.9. The van der Waals surface area contributed by atoms with E-state index in [1.54, 1.807) is 0 Å². The number of carboxylic acids is 2. The molecule has 1 rings (SSSR count). The molecule has 2 atom stereocenters. The van der Waals surface area contributed by atoms with Crippen LogP contribution in [-0.4, -0.2) is 46.0 Å². The van der Waals surface area contributed by atoms with Gasteiger partial charge in [0, 0.05) is 13.3 Å². The number of carbonyl (C=O) groups excluding carboxylic acids is 2. The Labute approximate surface area is 136 Å². The lowest BCUT2D eigenvalue weighted by Crippen LogP contribution is -2.52. The summed E-state index contributed by atoms with van der Waals surface area (Å²) in [5, 5.41) is 22.1. The minimum atomic E-state index is -1.63. The molecule has 4 N–H and O–H groups in total. The lowest BCUT2D eigenvalue weighted by Gasteiger charge is -2.20. The summed E-state index contributed by atoms with van der Waals surface area (Å²) in [7, 11) is 0. The fourth-order valence-corrected chi connectivity index (χ4v) is 1.96.